The van der Waals surface area contributed by atoms with E-state index in [9.17, 15) is 4.79 Å². The first-order valence-electron chi connectivity index (χ1n) is 5.79. The van der Waals surface area contributed by atoms with E-state index in [1.165, 1.54) is 0 Å². The first-order chi connectivity index (χ1) is 8.83. The SMILES string of the molecule is C=CC(NC=O)(c1ccccc1)c1ccccc1. The fraction of sp³-hybridized carbons (Fsp3) is 0.0625. The zero-order valence-electron chi connectivity index (χ0n) is 10.0. The van der Waals surface area contributed by atoms with E-state index >= 15 is 0 Å². The van der Waals surface area contributed by atoms with Gasteiger partial charge in [-0.25, -0.2) is 0 Å². The number of nitrogens with one attached hydrogen (secondary N) is 1. The molecule has 0 aliphatic carbocycles. The van der Waals surface area contributed by atoms with E-state index in [2.05, 4.69) is 11.9 Å². The van der Waals surface area contributed by atoms with E-state index in [-0.39, 0.29) is 0 Å². The van der Waals surface area contributed by atoms with Gasteiger partial charge in [0.25, 0.3) is 0 Å². The summed E-state index contributed by atoms with van der Waals surface area (Å²) in [5.41, 5.74) is 1.29. The van der Waals surface area contributed by atoms with Crippen LogP contribution in [-0.2, 0) is 10.3 Å². The van der Waals surface area contributed by atoms with E-state index in [0.29, 0.717) is 6.41 Å². The Morgan fingerprint density at radius 3 is 1.67 bits per heavy atom. The molecule has 0 fully saturated rings. The van der Waals surface area contributed by atoms with E-state index in [1.54, 1.807) is 6.08 Å². The molecular formula is C16H15NO. The molecule has 18 heavy (non-hydrogen) atoms. The number of hydrogen-bond acceptors (Lipinski definition) is 1. The third-order valence-corrected chi connectivity index (χ3v) is 3.05. The fourth-order valence-electron chi connectivity index (χ4n) is 2.12. The normalized spacial score (nSPS) is 10.7. The van der Waals surface area contributed by atoms with Crippen LogP contribution >= 0.6 is 0 Å². The molecule has 2 aromatic rings. The molecule has 1 N–H and O–H groups in total. The number of carbonyl (C=O) groups excluding carboxylic acids is 1. The second-order valence-corrected chi connectivity index (χ2v) is 4.01. The Hall–Kier alpha value is -2.35. The van der Waals surface area contributed by atoms with Crippen LogP contribution in [0.1, 0.15) is 11.1 Å². The lowest BCUT2D eigenvalue weighted by Gasteiger charge is -2.31. The van der Waals surface area contributed by atoms with Crippen LogP contribution in [0.5, 0.6) is 0 Å². The van der Waals surface area contributed by atoms with Crippen LogP contribution < -0.4 is 5.32 Å². The summed E-state index contributed by atoms with van der Waals surface area (Å²) >= 11 is 0. The summed E-state index contributed by atoms with van der Waals surface area (Å²) in [5.74, 6) is 0. The highest BCUT2D eigenvalue weighted by atomic mass is 16.1. The van der Waals surface area contributed by atoms with Crippen molar-refractivity contribution >= 4 is 6.41 Å². The molecule has 2 nitrogen and oxygen atoms in total. The predicted molar refractivity (Wildman–Crippen MR) is 73.1 cm³/mol. The van der Waals surface area contributed by atoms with Gasteiger partial charge in [-0.2, -0.15) is 0 Å². The fourth-order valence-corrected chi connectivity index (χ4v) is 2.12. The molecule has 0 unspecified atom stereocenters. The minimum absolute atomic E-state index is 0.676. The van der Waals surface area contributed by atoms with Crippen molar-refractivity contribution in [3.05, 3.63) is 84.4 Å². The van der Waals surface area contributed by atoms with Crippen LogP contribution in [0.3, 0.4) is 0 Å². The zero-order valence-corrected chi connectivity index (χ0v) is 10.0. The van der Waals surface area contributed by atoms with E-state index in [1.807, 2.05) is 60.7 Å². The van der Waals surface area contributed by atoms with Gasteiger partial charge in [0.05, 0.1) is 0 Å². The molecule has 2 heteroatoms. The van der Waals surface area contributed by atoms with Gasteiger partial charge >= 0.3 is 0 Å². The Morgan fingerprint density at radius 1 is 0.889 bits per heavy atom. The third kappa shape index (κ3) is 2.05. The molecule has 2 aromatic carbocycles. The molecule has 0 atom stereocenters. The molecule has 0 spiro atoms. The average Bonchev–Trinajstić information content (AvgIpc) is 2.47. The summed E-state index contributed by atoms with van der Waals surface area (Å²) in [7, 11) is 0. The Balaban J connectivity index is 2.60. The zero-order chi connectivity index (χ0) is 12.8. The highest BCUT2D eigenvalue weighted by Crippen LogP contribution is 2.30. The maximum atomic E-state index is 11.0. The molecule has 0 heterocycles. The predicted octanol–water partition coefficient (Wildman–Crippen LogP) is 2.86. The van der Waals surface area contributed by atoms with E-state index in [0.717, 1.165) is 11.1 Å². The second kappa shape index (κ2) is 5.32. The van der Waals surface area contributed by atoms with Crippen molar-refractivity contribution in [1.82, 2.24) is 5.32 Å². The van der Waals surface area contributed by atoms with Crippen LogP contribution in [0.4, 0.5) is 0 Å². The highest BCUT2D eigenvalue weighted by molar-refractivity contribution is 5.56. The van der Waals surface area contributed by atoms with Gasteiger partial charge < -0.3 is 5.32 Å². The Labute approximate surface area is 107 Å². The molecule has 0 saturated heterocycles. The minimum atomic E-state index is -0.676. The summed E-state index contributed by atoms with van der Waals surface area (Å²) in [4.78, 5) is 11.0. The Bertz CT molecular complexity index is 480. The maximum absolute atomic E-state index is 11.0. The standard InChI is InChI=1S/C16H15NO/c1-2-16(17-13-18,14-9-5-3-6-10-14)15-11-7-4-8-12-15/h2-13H,1H2,(H,17,18). The highest BCUT2D eigenvalue weighted by Gasteiger charge is 2.29. The molecular weight excluding hydrogens is 222 g/mol. The van der Waals surface area contributed by atoms with Crippen molar-refractivity contribution in [2.24, 2.45) is 0 Å². The molecule has 90 valence electrons. The molecule has 1 amide bonds. The third-order valence-electron chi connectivity index (χ3n) is 3.05. The quantitative estimate of drug-likeness (QED) is 0.628. The number of benzene rings is 2. The number of amides is 1. The monoisotopic (exact) mass is 237 g/mol. The number of hydrogen-bond donors (Lipinski definition) is 1. The van der Waals surface area contributed by atoms with Gasteiger partial charge in [-0.1, -0.05) is 66.7 Å². The molecule has 0 radical (unpaired) electrons. The molecule has 0 aromatic heterocycles. The van der Waals surface area contributed by atoms with Crippen LogP contribution in [-0.4, -0.2) is 6.41 Å². The summed E-state index contributed by atoms with van der Waals surface area (Å²) in [6.07, 6.45) is 2.47. The van der Waals surface area contributed by atoms with Crippen molar-refractivity contribution in [2.75, 3.05) is 0 Å². The van der Waals surface area contributed by atoms with Crippen molar-refractivity contribution < 1.29 is 4.79 Å². The van der Waals surface area contributed by atoms with Gasteiger partial charge in [0.15, 0.2) is 0 Å². The summed E-state index contributed by atoms with van der Waals surface area (Å²) in [6.45, 7) is 3.88. The lowest BCUT2D eigenvalue weighted by atomic mass is 9.83. The van der Waals surface area contributed by atoms with Gasteiger partial charge in [0.2, 0.25) is 6.41 Å². The van der Waals surface area contributed by atoms with Crippen LogP contribution in [0.2, 0.25) is 0 Å². The smallest absolute Gasteiger partial charge is 0.208 e. The molecule has 0 aliphatic rings. The van der Waals surface area contributed by atoms with E-state index < -0.39 is 5.54 Å². The molecule has 0 bridgehead atoms. The minimum Gasteiger partial charge on any atom is -0.342 e. The largest absolute Gasteiger partial charge is 0.342 e. The molecule has 0 saturated carbocycles. The van der Waals surface area contributed by atoms with Crippen LogP contribution in [0, 0.1) is 0 Å². The topological polar surface area (TPSA) is 29.1 Å². The first-order valence-corrected chi connectivity index (χ1v) is 5.79. The Morgan fingerprint density at radius 2 is 1.33 bits per heavy atom. The van der Waals surface area contributed by atoms with Gasteiger partial charge in [0.1, 0.15) is 5.54 Å². The summed E-state index contributed by atoms with van der Waals surface area (Å²) in [6, 6.07) is 19.6. The lowest BCUT2D eigenvalue weighted by molar-refractivity contribution is -0.110. The number of rotatable bonds is 5. The van der Waals surface area contributed by atoms with Crippen LogP contribution in [0.25, 0.3) is 0 Å². The average molecular weight is 237 g/mol. The summed E-state index contributed by atoms with van der Waals surface area (Å²) < 4.78 is 0. The summed E-state index contributed by atoms with van der Waals surface area (Å²) in [5, 5.41) is 2.88. The van der Waals surface area contributed by atoms with Gasteiger partial charge in [-0.05, 0) is 11.1 Å². The second-order valence-electron chi connectivity index (χ2n) is 4.01. The molecule has 2 rings (SSSR count). The number of carbonyl (C=O) groups is 1. The lowest BCUT2D eigenvalue weighted by Crippen LogP contribution is -2.40. The van der Waals surface area contributed by atoms with Crippen molar-refractivity contribution in [1.29, 1.82) is 0 Å². The van der Waals surface area contributed by atoms with E-state index in [4.69, 9.17) is 0 Å². The van der Waals surface area contributed by atoms with Crippen molar-refractivity contribution in [3.63, 3.8) is 0 Å². The van der Waals surface area contributed by atoms with Crippen molar-refractivity contribution in [3.8, 4) is 0 Å². The van der Waals surface area contributed by atoms with Crippen LogP contribution in [0.15, 0.2) is 73.3 Å². The molecule has 0 aliphatic heterocycles. The van der Waals surface area contributed by atoms with Gasteiger partial charge in [-0.3, -0.25) is 4.79 Å². The maximum Gasteiger partial charge on any atom is 0.208 e. The first kappa shape index (κ1) is 12.1. The van der Waals surface area contributed by atoms with Crippen molar-refractivity contribution in [2.45, 2.75) is 5.54 Å². The van der Waals surface area contributed by atoms with Gasteiger partial charge in [-0.15, -0.1) is 6.58 Å². The Kier molecular flexibility index (Phi) is 3.58. The van der Waals surface area contributed by atoms with Gasteiger partial charge in [0, 0.05) is 0 Å².